The predicted octanol–water partition coefficient (Wildman–Crippen LogP) is 5.04. The highest BCUT2D eigenvalue weighted by Gasteiger charge is 2.23. The zero-order chi connectivity index (χ0) is 22.5. The van der Waals surface area contributed by atoms with Crippen LogP contribution in [0.2, 0.25) is 0 Å². The summed E-state index contributed by atoms with van der Waals surface area (Å²) in [7, 11) is 0. The van der Waals surface area contributed by atoms with Crippen LogP contribution in [0.4, 0.5) is 23.8 Å². The van der Waals surface area contributed by atoms with Gasteiger partial charge in [-0.3, -0.25) is 4.90 Å². The summed E-state index contributed by atoms with van der Waals surface area (Å²) in [5.74, 6) is -4.41. The van der Waals surface area contributed by atoms with Crippen molar-refractivity contribution in [2.24, 2.45) is 5.41 Å². The van der Waals surface area contributed by atoms with Crippen molar-refractivity contribution in [2.75, 3.05) is 11.4 Å². The van der Waals surface area contributed by atoms with Crippen LogP contribution in [-0.2, 0) is 6.61 Å². The molecule has 0 spiro atoms. The maximum absolute atomic E-state index is 14.2. The number of benzene rings is 1. The largest absolute Gasteiger partial charge is 0.471 e. The van der Waals surface area contributed by atoms with Gasteiger partial charge in [-0.2, -0.15) is 10.2 Å². The molecule has 1 N–H and O–H groups in total. The molecular weight excluding hydrogens is 399 g/mol. The molecule has 30 heavy (non-hydrogen) atoms. The van der Waals surface area contributed by atoms with Crippen molar-refractivity contribution in [1.82, 2.24) is 4.98 Å². The molecule has 158 valence electrons. The maximum Gasteiger partial charge on any atom is 0.413 e. The van der Waals surface area contributed by atoms with Crippen molar-refractivity contribution >= 4 is 11.9 Å². The number of ether oxygens (including phenoxy) is 1. The van der Waals surface area contributed by atoms with E-state index in [1.807, 2.05) is 20.8 Å². The number of nitriles is 1. The second kappa shape index (κ2) is 9.31. The molecule has 0 radical (unpaired) electrons. The lowest BCUT2D eigenvalue weighted by Crippen LogP contribution is -2.31. The van der Waals surface area contributed by atoms with Gasteiger partial charge in [0, 0.05) is 18.2 Å². The Kier molecular flexibility index (Phi) is 7.06. The fraction of sp³-hybridized carbons (Fsp3) is 0.286. The van der Waals surface area contributed by atoms with E-state index in [0.717, 1.165) is 6.07 Å². The van der Waals surface area contributed by atoms with Crippen LogP contribution in [0.3, 0.4) is 0 Å². The number of rotatable bonds is 6. The van der Waals surface area contributed by atoms with Crippen LogP contribution in [0.1, 0.15) is 31.9 Å². The van der Waals surface area contributed by atoms with E-state index in [2.05, 4.69) is 4.98 Å². The first kappa shape index (κ1) is 22.7. The van der Waals surface area contributed by atoms with E-state index in [9.17, 15) is 23.1 Å². The molecular formula is C21H20F3N3O3. The molecule has 0 saturated carbocycles. The maximum atomic E-state index is 14.2. The number of hydrogen-bond acceptors (Lipinski definition) is 4. The summed E-state index contributed by atoms with van der Waals surface area (Å²) >= 11 is 0. The molecule has 0 fully saturated rings. The van der Waals surface area contributed by atoms with Gasteiger partial charge in [-0.1, -0.05) is 39.0 Å². The van der Waals surface area contributed by atoms with Gasteiger partial charge in [0.1, 0.15) is 12.4 Å². The van der Waals surface area contributed by atoms with Gasteiger partial charge in [0.2, 0.25) is 0 Å². The Bertz CT molecular complexity index is 1010. The fourth-order valence-corrected chi connectivity index (χ4v) is 2.38. The van der Waals surface area contributed by atoms with Crippen molar-refractivity contribution in [1.29, 1.82) is 5.26 Å². The van der Waals surface area contributed by atoms with Gasteiger partial charge in [-0.15, -0.1) is 0 Å². The van der Waals surface area contributed by atoms with Crippen molar-refractivity contribution in [3.05, 3.63) is 65.0 Å². The summed E-state index contributed by atoms with van der Waals surface area (Å²) in [5.41, 5.74) is -0.104. The first-order valence-electron chi connectivity index (χ1n) is 8.87. The number of aromatic nitrogens is 1. The Labute approximate surface area is 171 Å². The third kappa shape index (κ3) is 5.98. The first-order valence-corrected chi connectivity index (χ1v) is 8.87. The van der Waals surface area contributed by atoms with Crippen molar-refractivity contribution < 1.29 is 27.8 Å². The third-order valence-corrected chi connectivity index (χ3v) is 3.82. The monoisotopic (exact) mass is 419 g/mol. The highest BCUT2D eigenvalue weighted by molar-refractivity contribution is 5.85. The number of amides is 1. The van der Waals surface area contributed by atoms with Crippen LogP contribution in [0.25, 0.3) is 0 Å². The summed E-state index contributed by atoms with van der Waals surface area (Å²) in [5, 5.41) is 18.2. The van der Waals surface area contributed by atoms with Crippen LogP contribution >= 0.6 is 0 Å². The van der Waals surface area contributed by atoms with Crippen LogP contribution in [0, 0.1) is 34.2 Å². The Balaban J connectivity index is 2.28. The van der Waals surface area contributed by atoms with Gasteiger partial charge in [0.15, 0.2) is 17.5 Å². The predicted molar refractivity (Wildman–Crippen MR) is 104 cm³/mol. The lowest BCUT2D eigenvalue weighted by molar-refractivity contribution is 0.202. The van der Waals surface area contributed by atoms with E-state index in [0.29, 0.717) is 11.0 Å². The lowest BCUT2D eigenvalue weighted by atomic mass is 9.96. The minimum absolute atomic E-state index is 0.0178. The summed E-state index contributed by atoms with van der Waals surface area (Å²) < 4.78 is 47.4. The minimum Gasteiger partial charge on any atom is -0.471 e. The molecule has 2 rings (SSSR count). The van der Waals surface area contributed by atoms with Crippen LogP contribution < -0.4 is 9.64 Å². The molecule has 0 unspecified atom stereocenters. The molecule has 2 aromatic rings. The first-order chi connectivity index (χ1) is 14.0. The van der Waals surface area contributed by atoms with Crippen molar-refractivity contribution in [2.45, 2.75) is 27.4 Å². The highest BCUT2D eigenvalue weighted by atomic mass is 19.1. The molecule has 0 aliphatic carbocycles. The third-order valence-electron chi connectivity index (χ3n) is 3.82. The van der Waals surface area contributed by atoms with E-state index in [1.54, 1.807) is 12.1 Å². The Morgan fingerprint density at radius 1 is 1.23 bits per heavy atom. The van der Waals surface area contributed by atoms with Gasteiger partial charge in [0.25, 0.3) is 5.88 Å². The molecule has 0 atom stereocenters. The molecule has 0 bridgehead atoms. The van der Waals surface area contributed by atoms with Crippen LogP contribution in [0.15, 0.2) is 36.4 Å². The van der Waals surface area contributed by atoms with Gasteiger partial charge in [-0.25, -0.2) is 18.0 Å². The molecule has 1 aromatic carbocycles. The zero-order valence-electron chi connectivity index (χ0n) is 16.6. The number of carboxylic acid groups (broad SMARTS) is 1. The average Bonchev–Trinajstić information content (AvgIpc) is 2.65. The molecule has 1 heterocycles. The van der Waals surface area contributed by atoms with E-state index >= 15 is 0 Å². The van der Waals surface area contributed by atoms with Crippen molar-refractivity contribution in [3.63, 3.8) is 0 Å². The Hall–Kier alpha value is -3.54. The minimum atomic E-state index is -1.49. The van der Waals surface area contributed by atoms with Gasteiger partial charge in [-0.05, 0) is 17.5 Å². The quantitative estimate of drug-likeness (QED) is 0.663. The topological polar surface area (TPSA) is 86.5 Å². The second-order valence-electron chi connectivity index (χ2n) is 7.45. The van der Waals surface area contributed by atoms with E-state index in [4.69, 9.17) is 10.00 Å². The van der Waals surface area contributed by atoms with Gasteiger partial charge in [0.05, 0.1) is 11.6 Å². The Morgan fingerprint density at radius 2 is 1.93 bits per heavy atom. The number of allylic oxidation sites excluding steroid dienone is 1. The van der Waals surface area contributed by atoms with Gasteiger partial charge >= 0.3 is 6.09 Å². The average molecular weight is 419 g/mol. The molecule has 6 nitrogen and oxygen atoms in total. The Morgan fingerprint density at radius 3 is 2.50 bits per heavy atom. The van der Waals surface area contributed by atoms with E-state index < -0.39 is 41.8 Å². The molecule has 0 aliphatic heterocycles. The summed E-state index contributed by atoms with van der Waals surface area (Å²) in [6.07, 6.45) is 1.79. The standard InChI is InChI=1S/C21H20F3N3O3/c1-21(2,3)7-4-8-27(20(28)29)18-16(23)10-17(24)19(26-18)30-12-14-6-5-13(11-25)9-15(14)22/h4-7,9-10H,8,12H2,1-3H3,(H,28,29). The summed E-state index contributed by atoms with van der Waals surface area (Å²) in [6.45, 7) is 5.04. The number of anilines is 1. The molecule has 0 aliphatic rings. The molecule has 1 amide bonds. The highest BCUT2D eigenvalue weighted by Crippen LogP contribution is 2.25. The summed E-state index contributed by atoms with van der Waals surface area (Å²) in [6, 6.07) is 5.87. The number of hydrogen-bond donors (Lipinski definition) is 1. The van der Waals surface area contributed by atoms with E-state index in [1.165, 1.54) is 18.2 Å². The molecule has 0 saturated heterocycles. The lowest BCUT2D eigenvalue weighted by Gasteiger charge is -2.19. The molecule has 1 aromatic heterocycles. The fourth-order valence-electron chi connectivity index (χ4n) is 2.38. The number of pyridine rings is 1. The van der Waals surface area contributed by atoms with Gasteiger partial charge < -0.3 is 9.84 Å². The van der Waals surface area contributed by atoms with E-state index in [-0.39, 0.29) is 23.1 Å². The number of carbonyl (C=O) groups is 1. The second-order valence-corrected chi connectivity index (χ2v) is 7.45. The van der Waals surface area contributed by atoms with Crippen LogP contribution in [0.5, 0.6) is 5.88 Å². The summed E-state index contributed by atoms with van der Waals surface area (Å²) in [4.78, 5) is 15.8. The van der Waals surface area contributed by atoms with Crippen LogP contribution in [-0.4, -0.2) is 22.7 Å². The molecule has 9 heteroatoms. The zero-order valence-corrected chi connectivity index (χ0v) is 16.6. The normalized spacial score (nSPS) is 11.4. The number of halogens is 3. The van der Waals surface area contributed by atoms with Crippen molar-refractivity contribution in [3.8, 4) is 11.9 Å². The smallest absolute Gasteiger partial charge is 0.413 e. The number of nitrogens with zero attached hydrogens (tertiary/aromatic N) is 3. The SMILES string of the molecule is CC(C)(C)C=CCN(C(=O)O)c1nc(OCc2ccc(C#N)cc2F)c(F)cc1F.